The number of carbonyl (C=O) groups is 1. The van der Waals surface area contributed by atoms with Gasteiger partial charge in [-0.1, -0.05) is 0 Å². The fourth-order valence-electron chi connectivity index (χ4n) is 1.27. The van der Waals surface area contributed by atoms with Crippen LogP contribution in [0.4, 0.5) is 0 Å². The number of pyridine rings is 1. The van der Waals surface area contributed by atoms with Gasteiger partial charge in [-0.2, -0.15) is 0 Å². The average Bonchev–Trinajstić information content (AvgIpc) is 2.62. The minimum Gasteiger partial charge on any atom is -0.465 e. The number of nitrogens with one attached hydrogen (secondary N) is 2. The number of aromatic nitrogens is 2. The van der Waals surface area contributed by atoms with Crippen molar-refractivity contribution in [2.75, 3.05) is 7.11 Å². The van der Waals surface area contributed by atoms with E-state index in [4.69, 9.17) is 0 Å². The van der Waals surface area contributed by atoms with Gasteiger partial charge in [0.2, 0.25) is 0 Å². The monoisotopic (exact) mass is 192 g/mol. The molecule has 0 atom stereocenters. The molecule has 0 aliphatic rings. The van der Waals surface area contributed by atoms with Gasteiger partial charge in [0.15, 0.2) is 0 Å². The van der Waals surface area contributed by atoms with Gasteiger partial charge in [-0.3, -0.25) is 4.79 Å². The fraction of sp³-hybridized carbons (Fsp3) is 0.111. The molecule has 0 saturated heterocycles. The molecule has 2 heterocycles. The quantitative estimate of drug-likeness (QED) is 0.651. The Labute approximate surface area is 78.7 Å². The highest BCUT2D eigenvalue weighted by Crippen LogP contribution is 2.08. The molecule has 0 aromatic carbocycles. The van der Waals surface area contributed by atoms with E-state index in [0.717, 1.165) is 5.39 Å². The summed E-state index contributed by atoms with van der Waals surface area (Å²) in [6, 6.07) is 3.26. The Bertz CT molecular complexity index is 538. The van der Waals surface area contributed by atoms with Gasteiger partial charge in [0.1, 0.15) is 11.2 Å². The van der Waals surface area contributed by atoms with Crippen LogP contribution < -0.4 is 5.56 Å². The molecule has 2 N–H and O–H groups in total. The molecule has 0 spiro atoms. The van der Waals surface area contributed by atoms with Crippen molar-refractivity contribution in [2.24, 2.45) is 0 Å². The first-order valence-corrected chi connectivity index (χ1v) is 4.01. The molecule has 5 heteroatoms. The number of fused-ring (bicyclic) bond motifs is 1. The van der Waals surface area contributed by atoms with E-state index >= 15 is 0 Å². The number of methoxy groups -OCH3 is 1. The zero-order valence-electron chi connectivity index (χ0n) is 7.46. The van der Waals surface area contributed by atoms with Crippen molar-refractivity contribution in [1.82, 2.24) is 9.97 Å². The van der Waals surface area contributed by atoms with Crippen molar-refractivity contribution in [3.63, 3.8) is 0 Å². The maximum Gasteiger partial charge on any atom is 0.343 e. The lowest BCUT2D eigenvalue weighted by molar-refractivity contribution is 0.0599. The molecule has 0 bridgehead atoms. The van der Waals surface area contributed by atoms with Crippen LogP contribution in [0.25, 0.3) is 11.0 Å². The highest BCUT2D eigenvalue weighted by atomic mass is 16.5. The number of ether oxygens (including phenoxy) is 1. The lowest BCUT2D eigenvalue weighted by Crippen LogP contribution is -2.18. The molecule has 0 aliphatic carbocycles. The zero-order chi connectivity index (χ0) is 10.1. The van der Waals surface area contributed by atoms with Crippen LogP contribution in [-0.2, 0) is 4.74 Å². The summed E-state index contributed by atoms with van der Waals surface area (Å²) in [6.07, 6.45) is 1.68. The predicted molar refractivity (Wildman–Crippen MR) is 50.3 cm³/mol. The molecule has 0 radical (unpaired) electrons. The first-order chi connectivity index (χ1) is 6.72. The number of hydrogen-bond donors (Lipinski definition) is 2. The highest BCUT2D eigenvalue weighted by Gasteiger charge is 2.11. The van der Waals surface area contributed by atoms with Crippen LogP contribution in [0.15, 0.2) is 23.1 Å². The Morgan fingerprint density at radius 3 is 3.00 bits per heavy atom. The van der Waals surface area contributed by atoms with Crippen LogP contribution in [0, 0.1) is 0 Å². The van der Waals surface area contributed by atoms with Gasteiger partial charge in [0, 0.05) is 11.6 Å². The summed E-state index contributed by atoms with van der Waals surface area (Å²) in [4.78, 5) is 27.9. The average molecular weight is 192 g/mol. The van der Waals surface area contributed by atoms with E-state index in [2.05, 4.69) is 14.7 Å². The molecule has 2 aromatic rings. The van der Waals surface area contributed by atoms with Gasteiger partial charge in [-0.15, -0.1) is 0 Å². The molecule has 2 rings (SSSR count). The van der Waals surface area contributed by atoms with E-state index in [-0.39, 0.29) is 5.56 Å². The summed E-state index contributed by atoms with van der Waals surface area (Å²) in [5.41, 5.74) is 0.161. The Kier molecular flexibility index (Phi) is 1.85. The molecular formula is C9H8N2O3. The van der Waals surface area contributed by atoms with Gasteiger partial charge in [0.05, 0.1) is 7.11 Å². The highest BCUT2D eigenvalue weighted by molar-refractivity contribution is 5.92. The van der Waals surface area contributed by atoms with E-state index in [1.807, 2.05) is 0 Å². The lowest BCUT2D eigenvalue weighted by atomic mass is 10.2. The smallest absolute Gasteiger partial charge is 0.343 e. The molecule has 2 aromatic heterocycles. The minimum atomic E-state index is -0.630. The number of rotatable bonds is 1. The Morgan fingerprint density at radius 1 is 1.50 bits per heavy atom. The molecule has 0 amide bonds. The van der Waals surface area contributed by atoms with Gasteiger partial charge >= 0.3 is 5.97 Å². The number of H-pyrrole nitrogens is 2. The minimum absolute atomic E-state index is 0.0135. The lowest BCUT2D eigenvalue weighted by Gasteiger charge is -1.97. The van der Waals surface area contributed by atoms with E-state index in [0.29, 0.717) is 5.65 Å². The third-order valence-electron chi connectivity index (χ3n) is 1.97. The summed E-state index contributed by atoms with van der Waals surface area (Å²) in [7, 11) is 1.24. The summed E-state index contributed by atoms with van der Waals surface area (Å²) in [6.45, 7) is 0. The molecule has 0 aliphatic heterocycles. The molecule has 14 heavy (non-hydrogen) atoms. The predicted octanol–water partition coefficient (Wildman–Crippen LogP) is 0.643. The van der Waals surface area contributed by atoms with Crippen LogP contribution >= 0.6 is 0 Å². The van der Waals surface area contributed by atoms with Crippen molar-refractivity contribution < 1.29 is 9.53 Å². The first kappa shape index (κ1) is 8.55. The van der Waals surface area contributed by atoms with Crippen molar-refractivity contribution in [3.05, 3.63) is 34.2 Å². The number of esters is 1. The third kappa shape index (κ3) is 1.19. The molecule has 5 nitrogen and oxygen atoms in total. The van der Waals surface area contributed by atoms with Gasteiger partial charge in [-0.25, -0.2) is 4.79 Å². The van der Waals surface area contributed by atoms with Crippen molar-refractivity contribution in [1.29, 1.82) is 0 Å². The normalized spacial score (nSPS) is 10.4. The van der Waals surface area contributed by atoms with E-state index in [1.165, 1.54) is 13.2 Å². The fourth-order valence-corrected chi connectivity index (χ4v) is 1.27. The van der Waals surface area contributed by atoms with Crippen LogP contribution in [0.2, 0.25) is 0 Å². The largest absolute Gasteiger partial charge is 0.465 e. The van der Waals surface area contributed by atoms with Crippen molar-refractivity contribution >= 4 is 17.0 Å². The van der Waals surface area contributed by atoms with Gasteiger partial charge in [-0.05, 0) is 12.1 Å². The SMILES string of the molecule is COC(=O)c1cc2cc[nH]c2[nH]c1=O. The Morgan fingerprint density at radius 2 is 2.29 bits per heavy atom. The zero-order valence-corrected chi connectivity index (χ0v) is 7.46. The second kappa shape index (κ2) is 3.02. The second-order valence-corrected chi connectivity index (χ2v) is 2.81. The van der Waals surface area contributed by atoms with Crippen LogP contribution in [-0.4, -0.2) is 23.0 Å². The number of carbonyl (C=O) groups excluding carboxylic acids is 1. The van der Waals surface area contributed by atoms with Crippen LogP contribution in [0.3, 0.4) is 0 Å². The Hall–Kier alpha value is -2.04. The number of hydrogen-bond acceptors (Lipinski definition) is 3. The summed E-state index contributed by atoms with van der Waals surface area (Å²) >= 11 is 0. The second-order valence-electron chi connectivity index (χ2n) is 2.81. The molecular weight excluding hydrogens is 184 g/mol. The van der Waals surface area contributed by atoms with Gasteiger partial charge < -0.3 is 14.7 Å². The van der Waals surface area contributed by atoms with E-state index in [9.17, 15) is 9.59 Å². The molecule has 0 fully saturated rings. The number of aromatic amines is 2. The molecule has 72 valence electrons. The van der Waals surface area contributed by atoms with Crippen LogP contribution in [0.1, 0.15) is 10.4 Å². The molecule has 0 unspecified atom stereocenters. The Balaban J connectivity index is 2.71. The van der Waals surface area contributed by atoms with Gasteiger partial charge in [0.25, 0.3) is 5.56 Å². The van der Waals surface area contributed by atoms with Crippen LogP contribution in [0.5, 0.6) is 0 Å². The maximum absolute atomic E-state index is 11.4. The summed E-state index contributed by atoms with van der Waals surface area (Å²) in [5.74, 6) is -0.630. The van der Waals surface area contributed by atoms with Crippen molar-refractivity contribution in [2.45, 2.75) is 0 Å². The first-order valence-electron chi connectivity index (χ1n) is 4.01. The summed E-state index contributed by atoms with van der Waals surface area (Å²) < 4.78 is 4.47. The standard InChI is InChI=1S/C9H8N2O3/c1-14-9(13)6-4-5-2-3-10-7(5)11-8(6)12/h2-4H,1H3,(H2,10,11,12). The van der Waals surface area contributed by atoms with E-state index < -0.39 is 11.5 Å². The van der Waals surface area contributed by atoms with E-state index in [1.54, 1.807) is 12.3 Å². The summed E-state index contributed by atoms with van der Waals surface area (Å²) in [5, 5.41) is 0.769. The molecule has 0 saturated carbocycles. The topological polar surface area (TPSA) is 75.0 Å². The van der Waals surface area contributed by atoms with Crippen molar-refractivity contribution in [3.8, 4) is 0 Å². The third-order valence-corrected chi connectivity index (χ3v) is 1.97. The maximum atomic E-state index is 11.4.